The van der Waals surface area contributed by atoms with Gasteiger partial charge in [0, 0.05) is 12.1 Å². The molecule has 19 heavy (non-hydrogen) atoms. The van der Waals surface area contributed by atoms with E-state index in [1.807, 2.05) is 38.4 Å². The zero-order valence-corrected chi connectivity index (χ0v) is 10.8. The molecule has 2 aromatic carbocycles. The molecular formula is C15H13N4+. The average molecular weight is 249 g/mol. The lowest BCUT2D eigenvalue weighted by molar-refractivity contribution is -0.645. The summed E-state index contributed by atoms with van der Waals surface area (Å²) in [5, 5.41) is 0. The van der Waals surface area contributed by atoms with Crippen LogP contribution in [0.1, 0.15) is 0 Å². The summed E-state index contributed by atoms with van der Waals surface area (Å²) in [5.74, 6) is 0. The molecule has 0 atom stereocenters. The number of hydrogen-bond donors (Lipinski definition) is 0. The van der Waals surface area contributed by atoms with Crippen LogP contribution < -0.4 is 4.57 Å². The van der Waals surface area contributed by atoms with Gasteiger partial charge in [-0.05, 0) is 12.1 Å². The van der Waals surface area contributed by atoms with Crippen molar-refractivity contribution in [3.63, 3.8) is 0 Å². The first-order chi connectivity index (χ1) is 9.22. The van der Waals surface area contributed by atoms with Gasteiger partial charge in [0.15, 0.2) is 11.0 Å². The van der Waals surface area contributed by atoms with E-state index in [4.69, 9.17) is 9.97 Å². The van der Waals surface area contributed by atoms with Gasteiger partial charge in [0.2, 0.25) is 6.33 Å². The monoisotopic (exact) mass is 249 g/mol. The SMILES string of the molecule is Cn1c[n+](C)c2cc3nc4ccccc4nc3cc21. The highest BCUT2D eigenvalue weighted by atomic mass is 15.1. The molecule has 0 aliphatic carbocycles. The third kappa shape index (κ3) is 1.43. The van der Waals surface area contributed by atoms with Crippen LogP contribution in [0, 0.1) is 0 Å². The summed E-state index contributed by atoms with van der Waals surface area (Å²) in [6.07, 6.45) is 2.06. The lowest BCUT2D eigenvalue weighted by Gasteiger charge is -2.00. The molecule has 0 N–H and O–H groups in total. The molecule has 4 rings (SSSR count). The van der Waals surface area contributed by atoms with Gasteiger partial charge in [-0.3, -0.25) is 0 Å². The van der Waals surface area contributed by atoms with Gasteiger partial charge in [0.05, 0.1) is 36.2 Å². The van der Waals surface area contributed by atoms with E-state index in [0.29, 0.717) is 0 Å². The van der Waals surface area contributed by atoms with Crippen molar-refractivity contribution in [3.8, 4) is 0 Å². The van der Waals surface area contributed by atoms with Crippen LogP contribution in [0.25, 0.3) is 33.1 Å². The van der Waals surface area contributed by atoms with Crippen molar-refractivity contribution in [1.29, 1.82) is 0 Å². The van der Waals surface area contributed by atoms with Gasteiger partial charge in [-0.2, -0.15) is 0 Å². The summed E-state index contributed by atoms with van der Waals surface area (Å²) in [7, 11) is 4.09. The number of aromatic nitrogens is 4. The van der Waals surface area contributed by atoms with Crippen LogP contribution in [0.5, 0.6) is 0 Å². The molecule has 0 spiro atoms. The van der Waals surface area contributed by atoms with Crippen molar-refractivity contribution < 1.29 is 4.57 Å². The maximum atomic E-state index is 4.69. The van der Waals surface area contributed by atoms with Crippen molar-refractivity contribution >= 4 is 33.1 Å². The summed E-state index contributed by atoms with van der Waals surface area (Å²) in [5.41, 5.74) is 6.08. The number of rotatable bonds is 0. The Bertz CT molecular complexity index is 862. The largest absolute Gasteiger partial charge is 0.244 e. The van der Waals surface area contributed by atoms with Crippen LogP contribution >= 0.6 is 0 Å². The second-order valence-corrected chi connectivity index (χ2v) is 4.88. The summed E-state index contributed by atoms with van der Waals surface area (Å²) >= 11 is 0. The molecule has 0 saturated carbocycles. The fourth-order valence-electron chi connectivity index (χ4n) is 2.60. The third-order valence-corrected chi connectivity index (χ3v) is 3.54. The lowest BCUT2D eigenvalue weighted by Crippen LogP contribution is -2.25. The minimum absolute atomic E-state index is 0.938. The number of fused-ring (bicyclic) bond motifs is 3. The van der Waals surface area contributed by atoms with Crippen LogP contribution in [-0.2, 0) is 14.1 Å². The van der Waals surface area contributed by atoms with Gasteiger partial charge >= 0.3 is 0 Å². The normalized spacial score (nSPS) is 11.7. The Hall–Kier alpha value is -2.49. The van der Waals surface area contributed by atoms with Crippen molar-refractivity contribution in [2.75, 3.05) is 0 Å². The molecule has 0 unspecified atom stereocenters. The molecule has 4 aromatic rings. The smallest absolute Gasteiger partial charge is 0.244 e. The summed E-state index contributed by atoms with van der Waals surface area (Å²) in [6, 6.07) is 12.2. The molecule has 0 saturated heterocycles. The Labute approximate surface area is 109 Å². The number of para-hydroxylation sites is 2. The number of nitrogens with zero attached hydrogens (tertiary/aromatic N) is 4. The summed E-state index contributed by atoms with van der Waals surface area (Å²) in [4.78, 5) is 9.39. The third-order valence-electron chi connectivity index (χ3n) is 3.54. The second-order valence-electron chi connectivity index (χ2n) is 4.88. The highest BCUT2D eigenvalue weighted by Crippen LogP contribution is 2.20. The molecule has 0 fully saturated rings. The second kappa shape index (κ2) is 3.51. The van der Waals surface area contributed by atoms with Gasteiger partial charge < -0.3 is 0 Å². The minimum atomic E-state index is 0.938. The molecule has 0 bridgehead atoms. The Morgan fingerprint density at radius 1 is 0.947 bits per heavy atom. The Morgan fingerprint density at radius 3 is 2.26 bits per heavy atom. The van der Waals surface area contributed by atoms with Crippen molar-refractivity contribution in [2.24, 2.45) is 14.1 Å². The molecule has 0 radical (unpaired) electrons. The molecule has 2 aromatic heterocycles. The zero-order valence-electron chi connectivity index (χ0n) is 10.8. The van der Waals surface area contributed by atoms with E-state index >= 15 is 0 Å². The van der Waals surface area contributed by atoms with Crippen LogP contribution in [0.4, 0.5) is 0 Å². The number of hydrogen-bond acceptors (Lipinski definition) is 2. The number of aryl methyl sites for hydroxylation is 2. The zero-order chi connectivity index (χ0) is 13.0. The Balaban J connectivity index is 2.21. The lowest BCUT2D eigenvalue weighted by atomic mass is 10.2. The average Bonchev–Trinajstić information content (AvgIpc) is 2.69. The van der Waals surface area contributed by atoms with Crippen molar-refractivity contribution in [2.45, 2.75) is 0 Å². The molecule has 4 heteroatoms. The molecule has 4 nitrogen and oxygen atoms in total. The van der Waals surface area contributed by atoms with E-state index in [9.17, 15) is 0 Å². The first-order valence-electron chi connectivity index (χ1n) is 6.23. The van der Waals surface area contributed by atoms with E-state index < -0.39 is 0 Å². The van der Waals surface area contributed by atoms with E-state index in [-0.39, 0.29) is 0 Å². The van der Waals surface area contributed by atoms with E-state index in [2.05, 4.69) is 27.6 Å². The molecule has 0 amide bonds. The Kier molecular flexibility index (Phi) is 1.93. The molecule has 0 aliphatic rings. The van der Waals surface area contributed by atoms with Crippen LogP contribution in [-0.4, -0.2) is 14.5 Å². The molecule has 2 heterocycles. The quantitative estimate of drug-likeness (QED) is 0.353. The summed E-state index contributed by atoms with van der Waals surface area (Å²) < 4.78 is 4.21. The standard InChI is InChI=1S/C15H13N4/c1-18-9-19(2)15-8-13-12(7-14(15)18)16-10-5-3-4-6-11(10)17-13/h3-9H,1-2H3/q+1. The molecule has 0 aliphatic heterocycles. The van der Waals surface area contributed by atoms with Gasteiger partial charge in [-0.15, -0.1) is 0 Å². The van der Waals surface area contributed by atoms with E-state index in [1.54, 1.807) is 0 Å². The number of benzene rings is 2. The van der Waals surface area contributed by atoms with Gasteiger partial charge in [-0.1, -0.05) is 12.1 Å². The fourth-order valence-corrected chi connectivity index (χ4v) is 2.60. The topological polar surface area (TPSA) is 34.6 Å². The van der Waals surface area contributed by atoms with Gasteiger partial charge in [0.25, 0.3) is 0 Å². The highest BCUT2D eigenvalue weighted by molar-refractivity contribution is 5.93. The molecule has 92 valence electrons. The first-order valence-corrected chi connectivity index (χ1v) is 6.23. The van der Waals surface area contributed by atoms with Crippen LogP contribution in [0.3, 0.4) is 0 Å². The predicted molar refractivity (Wildman–Crippen MR) is 74.7 cm³/mol. The van der Waals surface area contributed by atoms with Crippen molar-refractivity contribution in [1.82, 2.24) is 14.5 Å². The van der Waals surface area contributed by atoms with Gasteiger partial charge in [-0.25, -0.2) is 19.1 Å². The maximum absolute atomic E-state index is 4.69. The van der Waals surface area contributed by atoms with Crippen LogP contribution in [0.2, 0.25) is 0 Å². The Morgan fingerprint density at radius 2 is 1.58 bits per heavy atom. The minimum Gasteiger partial charge on any atom is -0.244 e. The highest BCUT2D eigenvalue weighted by Gasteiger charge is 2.13. The van der Waals surface area contributed by atoms with E-state index in [0.717, 1.165) is 22.1 Å². The fraction of sp³-hybridized carbons (Fsp3) is 0.133. The molecular weight excluding hydrogens is 236 g/mol. The summed E-state index contributed by atoms with van der Waals surface area (Å²) in [6.45, 7) is 0. The van der Waals surface area contributed by atoms with E-state index in [1.165, 1.54) is 11.0 Å². The maximum Gasteiger partial charge on any atom is 0.244 e. The van der Waals surface area contributed by atoms with Gasteiger partial charge in [0.1, 0.15) is 0 Å². The van der Waals surface area contributed by atoms with Crippen LogP contribution in [0.15, 0.2) is 42.7 Å². The van der Waals surface area contributed by atoms with Crippen molar-refractivity contribution in [3.05, 3.63) is 42.7 Å². The number of imidazole rings is 1. The predicted octanol–water partition coefficient (Wildman–Crippen LogP) is 2.10. The first kappa shape index (κ1) is 10.4.